The Morgan fingerprint density at radius 3 is 2.58 bits per heavy atom. The summed E-state index contributed by atoms with van der Waals surface area (Å²) in [6.45, 7) is 2.29. The third kappa shape index (κ3) is 3.69. The number of nitrogens with zero attached hydrogens (tertiary/aromatic N) is 1. The molecule has 2 aromatic rings. The third-order valence-corrected chi connectivity index (χ3v) is 5.09. The molecule has 1 aromatic heterocycles. The summed E-state index contributed by atoms with van der Waals surface area (Å²) >= 11 is 0. The molecule has 3 rings (SSSR count). The minimum atomic E-state index is -0.256. The monoisotopic (exact) mass is 328 g/mol. The number of benzene rings is 1. The number of carbonyl (C=O) groups is 1. The number of halogens is 1. The maximum atomic E-state index is 13.1. The van der Waals surface area contributed by atoms with E-state index in [0.29, 0.717) is 5.69 Å². The number of nitrogens with one attached hydrogen (secondary N) is 1. The molecule has 1 N–H and O–H groups in total. The van der Waals surface area contributed by atoms with Gasteiger partial charge in [-0.25, -0.2) is 4.39 Å². The second-order valence-corrected chi connectivity index (χ2v) is 6.95. The average molecular weight is 328 g/mol. The quantitative estimate of drug-likeness (QED) is 0.825. The number of hydrogen-bond acceptors (Lipinski definition) is 1. The van der Waals surface area contributed by atoms with Gasteiger partial charge in [0.05, 0.1) is 0 Å². The Bertz CT molecular complexity index is 705. The molecule has 1 heterocycles. The van der Waals surface area contributed by atoms with Crippen molar-refractivity contribution >= 4 is 5.91 Å². The summed E-state index contributed by atoms with van der Waals surface area (Å²) in [5, 5.41) is 3.19. The molecule has 128 valence electrons. The molecule has 0 saturated heterocycles. The maximum Gasteiger partial charge on any atom is 0.268 e. The zero-order chi connectivity index (χ0) is 17.1. The van der Waals surface area contributed by atoms with Crippen molar-refractivity contribution in [3.63, 3.8) is 0 Å². The number of hydrogen-bond donors (Lipinski definition) is 1. The minimum Gasteiger partial charge on any atom is -0.348 e. The molecule has 0 radical (unpaired) electrons. The van der Waals surface area contributed by atoms with Crippen molar-refractivity contribution in [1.29, 1.82) is 0 Å². The van der Waals surface area contributed by atoms with E-state index in [2.05, 4.69) is 12.2 Å². The van der Waals surface area contributed by atoms with E-state index in [1.807, 2.05) is 23.7 Å². The van der Waals surface area contributed by atoms with Crippen LogP contribution in [0.15, 0.2) is 36.4 Å². The first kappa shape index (κ1) is 16.7. The predicted octanol–water partition coefficient (Wildman–Crippen LogP) is 4.53. The van der Waals surface area contributed by atoms with E-state index in [-0.39, 0.29) is 17.8 Å². The van der Waals surface area contributed by atoms with Crippen molar-refractivity contribution in [1.82, 2.24) is 9.88 Å². The van der Waals surface area contributed by atoms with Gasteiger partial charge < -0.3 is 9.88 Å². The lowest BCUT2D eigenvalue weighted by atomic mass is 10.0. The molecule has 1 saturated carbocycles. The van der Waals surface area contributed by atoms with Gasteiger partial charge in [0.25, 0.3) is 5.91 Å². The van der Waals surface area contributed by atoms with Crippen molar-refractivity contribution in [3.8, 4) is 11.3 Å². The van der Waals surface area contributed by atoms with Gasteiger partial charge in [0.15, 0.2) is 0 Å². The van der Waals surface area contributed by atoms with Crippen LogP contribution in [0.3, 0.4) is 0 Å². The van der Waals surface area contributed by atoms with Gasteiger partial charge in [-0.15, -0.1) is 0 Å². The van der Waals surface area contributed by atoms with Crippen LogP contribution >= 0.6 is 0 Å². The lowest BCUT2D eigenvalue weighted by molar-refractivity contribution is 0.0925. The zero-order valence-corrected chi connectivity index (χ0v) is 14.4. The molecule has 2 unspecified atom stereocenters. The number of amides is 1. The first-order chi connectivity index (χ1) is 11.5. The second kappa shape index (κ2) is 7.20. The van der Waals surface area contributed by atoms with Gasteiger partial charge in [-0.2, -0.15) is 0 Å². The van der Waals surface area contributed by atoms with Crippen molar-refractivity contribution < 1.29 is 9.18 Å². The number of rotatable bonds is 3. The van der Waals surface area contributed by atoms with Gasteiger partial charge in [0.1, 0.15) is 11.5 Å². The summed E-state index contributed by atoms with van der Waals surface area (Å²) in [4.78, 5) is 12.6. The molecule has 1 aromatic carbocycles. The highest BCUT2D eigenvalue weighted by Crippen LogP contribution is 2.24. The van der Waals surface area contributed by atoms with E-state index < -0.39 is 0 Å². The van der Waals surface area contributed by atoms with E-state index in [1.54, 1.807) is 12.1 Å². The fourth-order valence-corrected chi connectivity index (χ4v) is 3.54. The van der Waals surface area contributed by atoms with E-state index in [0.717, 1.165) is 30.0 Å². The molecule has 24 heavy (non-hydrogen) atoms. The summed E-state index contributed by atoms with van der Waals surface area (Å²) in [6.07, 6.45) is 5.73. The van der Waals surface area contributed by atoms with Gasteiger partial charge >= 0.3 is 0 Å². The maximum absolute atomic E-state index is 13.1. The fourth-order valence-electron chi connectivity index (χ4n) is 3.54. The van der Waals surface area contributed by atoms with Crippen LogP contribution in [0.5, 0.6) is 0 Å². The highest BCUT2D eigenvalue weighted by molar-refractivity contribution is 5.94. The normalized spacial score (nSPS) is 21.3. The van der Waals surface area contributed by atoms with Crippen LogP contribution in [0.4, 0.5) is 4.39 Å². The van der Waals surface area contributed by atoms with Crippen molar-refractivity contribution in [2.75, 3.05) is 0 Å². The molecular weight excluding hydrogens is 303 g/mol. The Morgan fingerprint density at radius 2 is 1.83 bits per heavy atom. The molecular formula is C20H25FN2O. The highest BCUT2D eigenvalue weighted by atomic mass is 19.1. The van der Waals surface area contributed by atoms with Gasteiger partial charge in [0, 0.05) is 18.8 Å². The summed E-state index contributed by atoms with van der Waals surface area (Å²) in [6, 6.07) is 10.4. The molecule has 3 nitrogen and oxygen atoms in total. The van der Waals surface area contributed by atoms with Gasteiger partial charge in [-0.05, 0) is 67.1 Å². The predicted molar refractivity (Wildman–Crippen MR) is 94.3 cm³/mol. The third-order valence-electron chi connectivity index (χ3n) is 5.09. The minimum absolute atomic E-state index is 0.0228. The topological polar surface area (TPSA) is 34.0 Å². The summed E-state index contributed by atoms with van der Waals surface area (Å²) in [5.74, 6) is 0.478. The molecule has 0 spiro atoms. The largest absolute Gasteiger partial charge is 0.348 e. The van der Waals surface area contributed by atoms with E-state index in [9.17, 15) is 9.18 Å². The van der Waals surface area contributed by atoms with Crippen molar-refractivity contribution in [3.05, 3.63) is 47.9 Å². The number of aromatic nitrogens is 1. The molecule has 1 aliphatic rings. The molecule has 4 heteroatoms. The van der Waals surface area contributed by atoms with Crippen LogP contribution in [-0.4, -0.2) is 16.5 Å². The molecule has 1 amide bonds. The Hall–Kier alpha value is -2.10. The Morgan fingerprint density at radius 1 is 1.08 bits per heavy atom. The SMILES string of the molecule is CC1CCCC(NC(=O)c2ccc(-c3ccc(F)cc3)n2C)CC1. The van der Waals surface area contributed by atoms with Crippen LogP contribution < -0.4 is 5.32 Å². The molecule has 0 aliphatic heterocycles. The van der Waals surface area contributed by atoms with Gasteiger partial charge in [0.2, 0.25) is 0 Å². The average Bonchev–Trinajstić information content (AvgIpc) is 2.82. The van der Waals surface area contributed by atoms with E-state index in [4.69, 9.17) is 0 Å². The first-order valence-electron chi connectivity index (χ1n) is 8.77. The standard InChI is InChI=1S/C20H25FN2O/c1-14-4-3-5-17(11-6-14)22-20(24)19-13-12-18(23(19)2)15-7-9-16(21)10-8-15/h7-10,12-14,17H,3-6,11H2,1-2H3,(H,22,24). The highest BCUT2D eigenvalue weighted by Gasteiger charge is 2.20. The van der Waals surface area contributed by atoms with Gasteiger partial charge in [-0.1, -0.05) is 19.8 Å². The molecule has 1 fully saturated rings. The summed E-state index contributed by atoms with van der Waals surface area (Å²) < 4.78 is 15.0. The first-order valence-corrected chi connectivity index (χ1v) is 8.77. The zero-order valence-electron chi connectivity index (χ0n) is 14.4. The van der Waals surface area contributed by atoms with Gasteiger partial charge in [-0.3, -0.25) is 4.79 Å². The molecule has 1 aliphatic carbocycles. The Balaban J connectivity index is 1.73. The summed E-state index contributed by atoms with van der Waals surface area (Å²) in [7, 11) is 1.88. The van der Waals surface area contributed by atoms with Crippen LogP contribution in [0.1, 0.15) is 49.5 Å². The molecule has 0 bridgehead atoms. The Labute approximate surface area is 142 Å². The fraction of sp³-hybridized carbons (Fsp3) is 0.450. The second-order valence-electron chi connectivity index (χ2n) is 6.95. The summed E-state index contributed by atoms with van der Waals surface area (Å²) in [5.41, 5.74) is 2.46. The lowest BCUT2D eigenvalue weighted by Gasteiger charge is -2.17. The Kier molecular flexibility index (Phi) is 5.03. The lowest BCUT2D eigenvalue weighted by Crippen LogP contribution is -2.35. The van der Waals surface area contributed by atoms with Crippen LogP contribution in [0.25, 0.3) is 11.3 Å². The molecule has 2 atom stereocenters. The van der Waals surface area contributed by atoms with Crippen molar-refractivity contribution in [2.45, 2.75) is 45.1 Å². The van der Waals surface area contributed by atoms with Crippen LogP contribution in [0, 0.1) is 11.7 Å². The smallest absolute Gasteiger partial charge is 0.268 e. The van der Waals surface area contributed by atoms with Crippen LogP contribution in [-0.2, 0) is 7.05 Å². The van der Waals surface area contributed by atoms with E-state index in [1.165, 1.54) is 31.4 Å². The van der Waals surface area contributed by atoms with Crippen LogP contribution in [0.2, 0.25) is 0 Å². The van der Waals surface area contributed by atoms with Crippen molar-refractivity contribution in [2.24, 2.45) is 13.0 Å². The number of carbonyl (C=O) groups excluding carboxylic acids is 1. The van der Waals surface area contributed by atoms with E-state index >= 15 is 0 Å².